The smallest absolute Gasteiger partial charge is 0.193 e. The Bertz CT molecular complexity index is 532. The Hall–Kier alpha value is -2.40. The maximum atomic E-state index is 10.1. The first-order valence-electron chi connectivity index (χ1n) is 4.86. The first-order valence-corrected chi connectivity index (χ1v) is 4.86. The predicted molar refractivity (Wildman–Crippen MR) is 62.6 cm³/mol. The molecule has 0 atom stereocenters. The molecule has 16 heavy (non-hydrogen) atoms. The number of carbonyl (C=O) groups excluding carboxylic acids is 1. The highest BCUT2D eigenvalue weighted by Gasteiger charge is 1.95. The third-order valence-electron chi connectivity index (χ3n) is 2.16. The topological polar surface area (TPSA) is 30.0 Å². The van der Waals surface area contributed by atoms with Crippen molar-refractivity contribution in [1.82, 2.24) is 4.98 Å². The molecule has 0 aliphatic heterocycles. The van der Waals surface area contributed by atoms with E-state index >= 15 is 0 Å². The summed E-state index contributed by atoms with van der Waals surface area (Å²) in [5.41, 5.74) is 2.99. The lowest BCUT2D eigenvalue weighted by Crippen LogP contribution is -1.80. The minimum absolute atomic E-state index is 0.592. The molecule has 0 N–H and O–H groups in total. The number of aromatic nitrogens is 1. The molecule has 2 rings (SSSR count). The van der Waals surface area contributed by atoms with Gasteiger partial charge in [0.2, 0.25) is 0 Å². The van der Waals surface area contributed by atoms with E-state index in [9.17, 15) is 4.79 Å². The average Bonchev–Trinajstić information content (AvgIpc) is 2.38. The van der Waals surface area contributed by atoms with Gasteiger partial charge in [0.1, 0.15) is 0 Å². The molecule has 2 nitrogen and oxygen atoms in total. The molecule has 0 aliphatic carbocycles. The minimum atomic E-state index is 0.592. The van der Waals surface area contributed by atoms with E-state index in [1.165, 1.54) is 0 Å². The van der Waals surface area contributed by atoms with E-state index in [4.69, 9.17) is 0 Å². The Balaban J connectivity index is 2.30. The van der Waals surface area contributed by atoms with Gasteiger partial charge in [-0.3, -0.25) is 9.78 Å². The molecule has 1 aromatic heterocycles. The van der Waals surface area contributed by atoms with Crippen LogP contribution in [0.2, 0.25) is 0 Å². The van der Waals surface area contributed by atoms with Gasteiger partial charge in [-0.15, -0.1) is 0 Å². The molecule has 0 aliphatic rings. The van der Waals surface area contributed by atoms with E-state index < -0.39 is 0 Å². The maximum Gasteiger partial charge on any atom is 0.193 e. The van der Waals surface area contributed by atoms with Crippen LogP contribution < -0.4 is 0 Å². The number of nitrogens with zero attached hydrogens (tertiary/aromatic N) is 1. The average molecular weight is 207 g/mol. The second kappa shape index (κ2) is 4.90. The molecule has 0 spiro atoms. The Kier molecular flexibility index (Phi) is 3.10. The third kappa shape index (κ3) is 2.34. The van der Waals surface area contributed by atoms with Crippen molar-refractivity contribution in [2.45, 2.75) is 0 Å². The minimum Gasteiger partial charge on any atom is -0.289 e. The second-order valence-electron chi connectivity index (χ2n) is 3.21. The number of hydrogen-bond donors (Lipinski definition) is 0. The van der Waals surface area contributed by atoms with E-state index in [1.54, 1.807) is 6.20 Å². The van der Waals surface area contributed by atoms with Gasteiger partial charge < -0.3 is 0 Å². The SMILES string of the molecule is O=CC#Cc1ccc(-c2cccnc2)cc1. The van der Waals surface area contributed by atoms with Crippen LogP contribution in [0.15, 0.2) is 48.8 Å². The fourth-order valence-electron chi connectivity index (χ4n) is 1.39. The number of benzene rings is 1. The van der Waals surface area contributed by atoms with Gasteiger partial charge in [0.15, 0.2) is 6.29 Å². The molecule has 0 unspecified atom stereocenters. The molecule has 0 saturated carbocycles. The van der Waals surface area contributed by atoms with Crippen molar-refractivity contribution in [3.05, 3.63) is 54.4 Å². The Morgan fingerprint density at radius 2 is 1.88 bits per heavy atom. The van der Waals surface area contributed by atoms with E-state index in [1.807, 2.05) is 42.6 Å². The summed E-state index contributed by atoms with van der Waals surface area (Å²) in [7, 11) is 0. The molecule has 2 aromatic rings. The monoisotopic (exact) mass is 207 g/mol. The van der Waals surface area contributed by atoms with Crippen LogP contribution in [0.4, 0.5) is 0 Å². The van der Waals surface area contributed by atoms with Crippen LogP contribution in [0.1, 0.15) is 5.56 Å². The molecular weight excluding hydrogens is 198 g/mol. The number of carbonyl (C=O) groups is 1. The van der Waals surface area contributed by atoms with E-state index in [2.05, 4.69) is 16.8 Å². The van der Waals surface area contributed by atoms with Gasteiger partial charge in [-0.25, -0.2) is 0 Å². The van der Waals surface area contributed by atoms with Gasteiger partial charge >= 0.3 is 0 Å². The summed E-state index contributed by atoms with van der Waals surface area (Å²) in [4.78, 5) is 14.1. The first kappa shape index (κ1) is 10.1. The maximum absolute atomic E-state index is 10.1. The van der Waals surface area contributed by atoms with Gasteiger partial charge in [0, 0.05) is 18.0 Å². The molecule has 0 bridgehead atoms. The number of pyridine rings is 1. The summed E-state index contributed by atoms with van der Waals surface area (Å²) >= 11 is 0. The third-order valence-corrected chi connectivity index (χ3v) is 2.16. The first-order chi connectivity index (χ1) is 7.90. The molecular formula is C14H9NO. The molecule has 76 valence electrons. The van der Waals surface area contributed by atoms with Crippen LogP contribution in [0.3, 0.4) is 0 Å². The second-order valence-corrected chi connectivity index (χ2v) is 3.21. The lowest BCUT2D eigenvalue weighted by molar-refractivity contribution is -0.103. The number of hydrogen-bond acceptors (Lipinski definition) is 2. The largest absolute Gasteiger partial charge is 0.289 e. The summed E-state index contributed by atoms with van der Waals surface area (Å²) in [5.74, 6) is 5.12. The van der Waals surface area contributed by atoms with E-state index in [0.717, 1.165) is 16.7 Å². The molecule has 1 aromatic carbocycles. The predicted octanol–water partition coefficient (Wildman–Crippen LogP) is 2.30. The van der Waals surface area contributed by atoms with Crippen LogP contribution in [0.5, 0.6) is 0 Å². The van der Waals surface area contributed by atoms with Crippen molar-refractivity contribution in [3.8, 4) is 23.0 Å². The Morgan fingerprint density at radius 1 is 1.06 bits per heavy atom. The zero-order chi connectivity index (χ0) is 11.2. The van der Waals surface area contributed by atoms with Crippen molar-refractivity contribution < 1.29 is 4.79 Å². The normalized spacial score (nSPS) is 9.00. The van der Waals surface area contributed by atoms with E-state index in [0.29, 0.717) is 6.29 Å². The van der Waals surface area contributed by atoms with Gasteiger partial charge in [0.05, 0.1) is 0 Å². The van der Waals surface area contributed by atoms with Gasteiger partial charge in [-0.1, -0.05) is 24.1 Å². The van der Waals surface area contributed by atoms with Crippen molar-refractivity contribution in [2.75, 3.05) is 0 Å². The molecule has 1 heterocycles. The lowest BCUT2D eigenvalue weighted by Gasteiger charge is -1.99. The highest BCUT2D eigenvalue weighted by Crippen LogP contribution is 2.17. The van der Waals surface area contributed by atoms with Crippen molar-refractivity contribution in [2.24, 2.45) is 0 Å². The Labute approximate surface area is 94.0 Å². The summed E-state index contributed by atoms with van der Waals surface area (Å²) in [5, 5.41) is 0. The molecule has 0 fully saturated rings. The lowest BCUT2D eigenvalue weighted by atomic mass is 10.1. The molecule has 0 radical (unpaired) electrons. The van der Waals surface area contributed by atoms with Crippen LogP contribution in [-0.2, 0) is 4.79 Å². The summed E-state index contributed by atoms with van der Waals surface area (Å²) in [6.45, 7) is 0. The number of aldehydes is 1. The summed E-state index contributed by atoms with van der Waals surface area (Å²) < 4.78 is 0. The summed E-state index contributed by atoms with van der Waals surface area (Å²) in [6.07, 6.45) is 4.15. The highest BCUT2D eigenvalue weighted by molar-refractivity contribution is 5.74. The van der Waals surface area contributed by atoms with Crippen LogP contribution in [0.25, 0.3) is 11.1 Å². The fraction of sp³-hybridized carbons (Fsp3) is 0. The van der Waals surface area contributed by atoms with Gasteiger partial charge in [0.25, 0.3) is 0 Å². The Morgan fingerprint density at radius 3 is 2.50 bits per heavy atom. The highest BCUT2D eigenvalue weighted by atomic mass is 16.1. The summed E-state index contributed by atoms with van der Waals surface area (Å²) in [6, 6.07) is 11.6. The van der Waals surface area contributed by atoms with E-state index in [-0.39, 0.29) is 0 Å². The standard InChI is InChI=1S/C14H9NO/c16-10-2-3-12-5-7-13(8-6-12)14-4-1-9-15-11-14/h1,4-11H. The van der Waals surface area contributed by atoms with Crippen molar-refractivity contribution in [3.63, 3.8) is 0 Å². The molecule has 2 heteroatoms. The zero-order valence-electron chi connectivity index (χ0n) is 8.55. The zero-order valence-corrected chi connectivity index (χ0v) is 8.55. The molecule has 0 amide bonds. The van der Waals surface area contributed by atoms with Gasteiger partial charge in [-0.2, -0.15) is 0 Å². The van der Waals surface area contributed by atoms with Crippen molar-refractivity contribution in [1.29, 1.82) is 0 Å². The quantitative estimate of drug-likeness (QED) is 0.530. The van der Waals surface area contributed by atoms with Crippen molar-refractivity contribution >= 4 is 6.29 Å². The van der Waals surface area contributed by atoms with Crippen LogP contribution >= 0.6 is 0 Å². The van der Waals surface area contributed by atoms with Crippen LogP contribution in [0, 0.1) is 11.8 Å². The fourth-order valence-corrected chi connectivity index (χ4v) is 1.39. The molecule has 0 saturated heterocycles. The van der Waals surface area contributed by atoms with Crippen LogP contribution in [-0.4, -0.2) is 11.3 Å². The van der Waals surface area contributed by atoms with Gasteiger partial charge in [-0.05, 0) is 35.2 Å². The number of rotatable bonds is 1.